The Morgan fingerprint density at radius 2 is 1.68 bits per heavy atom. The summed E-state index contributed by atoms with van der Waals surface area (Å²) in [6.45, 7) is 14.6. The molecule has 1 N–H and O–H groups in total. The number of nitrogens with one attached hydrogen (secondary N) is 1. The van der Waals surface area contributed by atoms with E-state index in [2.05, 4.69) is 58.9 Å². The summed E-state index contributed by atoms with van der Waals surface area (Å²) >= 11 is 0. The number of carbonyl (C=O) groups excluding carboxylic acids is 2. The summed E-state index contributed by atoms with van der Waals surface area (Å²) in [6, 6.07) is 0. The Labute approximate surface area is 242 Å². The molecule has 5 aliphatic carbocycles. The zero-order valence-corrected chi connectivity index (χ0v) is 25.8. The van der Waals surface area contributed by atoms with Crippen molar-refractivity contribution in [2.45, 2.75) is 118 Å². The normalized spacial score (nSPS) is 44.5. The molecule has 0 bridgehead atoms. The van der Waals surface area contributed by atoms with Gasteiger partial charge in [0.15, 0.2) is 0 Å². The van der Waals surface area contributed by atoms with Crippen molar-refractivity contribution in [2.24, 2.45) is 50.7 Å². The molecule has 0 aromatic carbocycles. The van der Waals surface area contributed by atoms with Crippen molar-refractivity contribution < 1.29 is 27.3 Å². The zero-order chi connectivity index (χ0) is 30.0. The fraction of sp³-hybridized carbons (Fsp3) is 0.848. The van der Waals surface area contributed by atoms with Crippen LogP contribution in [0.5, 0.6) is 0 Å². The maximum Gasteiger partial charge on any atom is 0.405 e. The van der Waals surface area contributed by atoms with Crippen LogP contribution < -0.4 is 5.32 Å². The molecule has 0 radical (unpaired) electrons. The summed E-state index contributed by atoms with van der Waals surface area (Å²) < 4.78 is 45.3. The minimum absolute atomic E-state index is 0.0729. The average molecular weight is 577 g/mol. The molecule has 4 saturated carbocycles. The first-order chi connectivity index (χ1) is 18.8. The number of hydrogen-bond acceptors (Lipinski definition) is 4. The lowest BCUT2D eigenvalue weighted by atomic mass is 9.31. The monoisotopic (exact) mass is 576 g/mol. The molecule has 1 heterocycles. The van der Waals surface area contributed by atoms with E-state index in [1.54, 1.807) is 0 Å². The SMILES string of the molecule is CC1(C)CC[C@]2(C(=O)NCC(F)(F)F)CC[C@]3(C)[C@H](C(=O)C[C@@H]4[C@@]5(C)Cc6cnoc6C(C)(C)[C@@H]5CC[C@]43C)[C@@H]2C1. The first-order valence-electron chi connectivity index (χ1n) is 15.6. The van der Waals surface area contributed by atoms with Crippen LogP contribution >= 0.6 is 0 Å². The Balaban J connectivity index is 1.41. The van der Waals surface area contributed by atoms with Crippen molar-refractivity contribution in [1.29, 1.82) is 0 Å². The van der Waals surface area contributed by atoms with Gasteiger partial charge in [-0.2, -0.15) is 13.2 Å². The zero-order valence-electron chi connectivity index (χ0n) is 25.8. The van der Waals surface area contributed by atoms with Crippen molar-refractivity contribution in [3.63, 3.8) is 0 Å². The van der Waals surface area contributed by atoms with Gasteiger partial charge in [0.1, 0.15) is 18.1 Å². The smallest absolute Gasteiger partial charge is 0.361 e. The Bertz CT molecular complexity index is 1270. The van der Waals surface area contributed by atoms with Gasteiger partial charge in [-0.05, 0) is 90.8 Å². The Morgan fingerprint density at radius 1 is 1.00 bits per heavy atom. The molecule has 1 amide bonds. The average Bonchev–Trinajstić information content (AvgIpc) is 3.32. The Hall–Kier alpha value is -1.86. The molecule has 41 heavy (non-hydrogen) atoms. The van der Waals surface area contributed by atoms with Crippen LogP contribution in [0.1, 0.15) is 111 Å². The molecule has 5 aliphatic rings. The highest BCUT2D eigenvalue weighted by molar-refractivity contribution is 5.88. The first-order valence-corrected chi connectivity index (χ1v) is 15.6. The van der Waals surface area contributed by atoms with Crippen LogP contribution in [0, 0.1) is 50.7 Å². The largest absolute Gasteiger partial charge is 0.405 e. The lowest BCUT2D eigenvalue weighted by molar-refractivity contribution is -0.228. The number of halogens is 3. The summed E-state index contributed by atoms with van der Waals surface area (Å²) in [5.74, 6) is 0.659. The molecule has 6 rings (SSSR count). The number of aromatic nitrogens is 1. The van der Waals surface area contributed by atoms with Crippen LogP contribution in [0.3, 0.4) is 0 Å². The van der Waals surface area contributed by atoms with E-state index in [0.29, 0.717) is 38.0 Å². The third kappa shape index (κ3) is 3.89. The predicted octanol–water partition coefficient (Wildman–Crippen LogP) is 7.43. The molecule has 228 valence electrons. The number of nitrogens with zero attached hydrogens (tertiary/aromatic N) is 1. The number of hydrogen-bond donors (Lipinski definition) is 1. The molecule has 0 spiro atoms. The molecule has 0 unspecified atom stereocenters. The van der Waals surface area contributed by atoms with Gasteiger partial charge in [0.05, 0.1) is 11.6 Å². The van der Waals surface area contributed by atoms with E-state index in [-0.39, 0.29) is 50.6 Å². The van der Waals surface area contributed by atoms with Crippen LogP contribution in [0.15, 0.2) is 10.7 Å². The van der Waals surface area contributed by atoms with Gasteiger partial charge in [-0.15, -0.1) is 0 Å². The maximum absolute atomic E-state index is 14.6. The van der Waals surface area contributed by atoms with E-state index >= 15 is 0 Å². The van der Waals surface area contributed by atoms with Crippen molar-refractivity contribution in [1.82, 2.24) is 10.5 Å². The number of alkyl halides is 3. The van der Waals surface area contributed by atoms with Gasteiger partial charge in [0.25, 0.3) is 0 Å². The highest BCUT2D eigenvalue weighted by Gasteiger charge is 2.73. The van der Waals surface area contributed by atoms with E-state index in [1.165, 1.54) is 0 Å². The van der Waals surface area contributed by atoms with E-state index in [4.69, 9.17) is 4.52 Å². The van der Waals surface area contributed by atoms with Crippen molar-refractivity contribution in [3.8, 4) is 0 Å². The number of Topliss-reactive ketones (excluding diaryl/α,β-unsaturated/α-hetero) is 1. The minimum atomic E-state index is -4.47. The number of amides is 1. The summed E-state index contributed by atoms with van der Waals surface area (Å²) in [6.07, 6.45) is 3.97. The third-order valence-corrected chi connectivity index (χ3v) is 13.9. The molecular weight excluding hydrogens is 529 g/mol. The van der Waals surface area contributed by atoms with Crippen molar-refractivity contribution >= 4 is 11.7 Å². The molecule has 8 atom stereocenters. The predicted molar refractivity (Wildman–Crippen MR) is 149 cm³/mol. The molecule has 1 aromatic rings. The first kappa shape index (κ1) is 29.2. The maximum atomic E-state index is 14.6. The number of carbonyl (C=O) groups is 2. The van der Waals surface area contributed by atoms with Crippen LogP contribution in [0.4, 0.5) is 13.2 Å². The molecule has 5 nitrogen and oxygen atoms in total. The standard InChI is InChI=1S/C33H47F3N2O3/c1-27(2)10-12-32(26(40)37-18-33(34,35)36)13-11-31(7)24(20(32)16-27)21(39)14-23-29(5)15-19-17-38-41-25(19)28(3,4)22(29)8-9-30(23,31)6/h17,20,22-24H,8-16,18H2,1-7H3,(H,37,40)/t20-,22-,23+,24-,29-,30+,31+,32-/m0/s1. The fourth-order valence-electron chi connectivity index (χ4n) is 11.7. The second kappa shape index (κ2) is 8.62. The number of ketones is 1. The summed E-state index contributed by atoms with van der Waals surface area (Å²) in [5.41, 5.74) is -0.596. The van der Waals surface area contributed by atoms with Crippen LogP contribution in [0.2, 0.25) is 0 Å². The second-order valence-electron chi connectivity index (χ2n) is 16.6. The van der Waals surface area contributed by atoms with Crippen LogP contribution in [0.25, 0.3) is 0 Å². The number of rotatable bonds is 2. The van der Waals surface area contributed by atoms with Gasteiger partial charge in [-0.3, -0.25) is 9.59 Å². The Morgan fingerprint density at radius 3 is 2.37 bits per heavy atom. The minimum Gasteiger partial charge on any atom is -0.361 e. The van der Waals surface area contributed by atoms with Crippen LogP contribution in [-0.2, 0) is 21.4 Å². The van der Waals surface area contributed by atoms with Gasteiger partial charge in [0.2, 0.25) is 5.91 Å². The van der Waals surface area contributed by atoms with Gasteiger partial charge in [-0.1, -0.05) is 53.6 Å². The quantitative estimate of drug-likeness (QED) is 0.398. The lowest BCUT2D eigenvalue weighted by Gasteiger charge is -2.72. The third-order valence-electron chi connectivity index (χ3n) is 13.9. The molecular formula is C33H47F3N2O3. The van der Waals surface area contributed by atoms with E-state index in [0.717, 1.165) is 37.0 Å². The van der Waals surface area contributed by atoms with E-state index in [9.17, 15) is 22.8 Å². The van der Waals surface area contributed by atoms with Crippen molar-refractivity contribution in [2.75, 3.05) is 6.54 Å². The summed E-state index contributed by atoms with van der Waals surface area (Å²) in [7, 11) is 0. The Kier molecular flexibility index (Phi) is 6.14. The molecule has 0 saturated heterocycles. The molecule has 1 aromatic heterocycles. The lowest BCUT2D eigenvalue weighted by Crippen LogP contribution is -2.70. The highest BCUT2D eigenvalue weighted by Crippen LogP contribution is 2.76. The molecule has 0 aliphatic heterocycles. The van der Waals surface area contributed by atoms with Gasteiger partial charge in [-0.25, -0.2) is 0 Å². The summed E-state index contributed by atoms with van der Waals surface area (Å²) in [5, 5.41) is 6.43. The van der Waals surface area contributed by atoms with Crippen LogP contribution in [-0.4, -0.2) is 29.6 Å². The summed E-state index contributed by atoms with van der Waals surface area (Å²) in [4.78, 5) is 28.3. The van der Waals surface area contributed by atoms with Gasteiger partial charge < -0.3 is 9.84 Å². The van der Waals surface area contributed by atoms with E-state index in [1.807, 2.05) is 6.20 Å². The molecule has 8 heteroatoms. The second-order valence-corrected chi connectivity index (χ2v) is 16.6. The number of fused-ring (bicyclic) bond motifs is 8. The topological polar surface area (TPSA) is 72.2 Å². The van der Waals surface area contributed by atoms with Crippen molar-refractivity contribution in [3.05, 3.63) is 17.5 Å². The highest BCUT2D eigenvalue weighted by atomic mass is 19.4. The van der Waals surface area contributed by atoms with E-state index < -0.39 is 24.0 Å². The molecule has 4 fully saturated rings. The fourth-order valence-corrected chi connectivity index (χ4v) is 11.7. The van der Waals surface area contributed by atoms with Gasteiger partial charge >= 0.3 is 6.18 Å². The van der Waals surface area contributed by atoms with Gasteiger partial charge in [0, 0.05) is 23.3 Å².